The van der Waals surface area contributed by atoms with Gasteiger partial charge in [0.25, 0.3) is 0 Å². The van der Waals surface area contributed by atoms with Crippen molar-refractivity contribution in [2.24, 2.45) is 5.73 Å². The number of hydrogen-bond acceptors (Lipinski definition) is 1. The Morgan fingerprint density at radius 1 is 1.50 bits per heavy atom. The van der Waals surface area contributed by atoms with Crippen LogP contribution in [0.15, 0.2) is 12.1 Å². The maximum atomic E-state index is 13.8. The third-order valence-electron chi connectivity index (χ3n) is 2.31. The molecule has 1 aromatic carbocycles. The average molecular weight is 213 g/mol. The molecule has 0 bridgehead atoms. The third kappa shape index (κ3) is 1.21. The largest absolute Gasteiger partial charge is 0.357 e. The molecule has 2 aromatic rings. The molecule has 2 nitrogen and oxygen atoms in total. The molecule has 2 rings (SSSR count). The predicted molar refractivity (Wildman–Crippen MR) is 55.9 cm³/mol. The van der Waals surface area contributed by atoms with Gasteiger partial charge >= 0.3 is 0 Å². The molecule has 0 spiro atoms. The summed E-state index contributed by atoms with van der Waals surface area (Å²) in [7, 11) is 0. The molecular formula is C10H10ClFN2. The van der Waals surface area contributed by atoms with Crippen molar-refractivity contribution in [3.05, 3.63) is 34.2 Å². The summed E-state index contributed by atoms with van der Waals surface area (Å²) in [5, 5.41) is 0.875. The topological polar surface area (TPSA) is 41.8 Å². The van der Waals surface area contributed by atoms with Gasteiger partial charge in [-0.15, -0.1) is 0 Å². The van der Waals surface area contributed by atoms with E-state index in [4.69, 9.17) is 17.3 Å². The predicted octanol–water partition coefficient (Wildman–Crippen LogP) is 2.73. The number of aromatic amines is 1. The molecule has 0 unspecified atom stereocenters. The average Bonchev–Trinajstić information content (AvgIpc) is 2.44. The van der Waals surface area contributed by atoms with E-state index < -0.39 is 0 Å². The number of halogens is 2. The van der Waals surface area contributed by atoms with Gasteiger partial charge in [0.15, 0.2) is 0 Å². The molecule has 0 saturated carbocycles. The number of nitrogens with two attached hydrogens (primary N) is 1. The zero-order valence-electron chi connectivity index (χ0n) is 7.70. The maximum Gasteiger partial charge on any atom is 0.138 e. The molecule has 0 radical (unpaired) electrons. The summed E-state index contributed by atoms with van der Waals surface area (Å²) in [6.45, 7) is 1.99. The van der Waals surface area contributed by atoms with Crippen molar-refractivity contribution in [1.82, 2.24) is 4.98 Å². The summed E-state index contributed by atoms with van der Waals surface area (Å²) in [6, 6.07) is 3.46. The number of H-pyrrole nitrogens is 1. The minimum absolute atomic E-state index is 0.183. The van der Waals surface area contributed by atoms with Crippen molar-refractivity contribution in [3.8, 4) is 0 Å². The van der Waals surface area contributed by atoms with E-state index in [1.807, 2.05) is 6.92 Å². The van der Waals surface area contributed by atoms with E-state index in [0.717, 1.165) is 5.69 Å². The minimum atomic E-state index is -0.320. The summed E-state index contributed by atoms with van der Waals surface area (Å²) in [6.07, 6.45) is 0. The highest BCUT2D eigenvalue weighted by Gasteiger charge is 2.13. The standard InChI is InChI=1S/C10H10ClFN2/c1-5-9(11)8-7(14-5)3-2-6(4-13)10(8)12/h2-3,14H,4,13H2,1H3. The Morgan fingerprint density at radius 2 is 2.21 bits per heavy atom. The molecule has 0 aliphatic heterocycles. The van der Waals surface area contributed by atoms with E-state index in [-0.39, 0.29) is 12.4 Å². The first-order valence-electron chi connectivity index (χ1n) is 4.30. The van der Waals surface area contributed by atoms with E-state index in [1.165, 1.54) is 0 Å². The van der Waals surface area contributed by atoms with Crippen LogP contribution in [0.25, 0.3) is 10.9 Å². The van der Waals surface area contributed by atoms with E-state index >= 15 is 0 Å². The molecule has 0 amide bonds. The molecule has 74 valence electrons. The molecule has 14 heavy (non-hydrogen) atoms. The second kappa shape index (κ2) is 3.26. The SMILES string of the molecule is Cc1[nH]c2ccc(CN)c(F)c2c1Cl. The Hall–Kier alpha value is -1.06. The Labute approximate surface area is 85.9 Å². The van der Waals surface area contributed by atoms with Crippen molar-refractivity contribution in [2.75, 3.05) is 0 Å². The van der Waals surface area contributed by atoms with Crippen molar-refractivity contribution in [1.29, 1.82) is 0 Å². The molecule has 0 saturated heterocycles. The fourth-order valence-electron chi connectivity index (χ4n) is 1.54. The van der Waals surface area contributed by atoms with Gasteiger partial charge < -0.3 is 10.7 Å². The van der Waals surface area contributed by atoms with Gasteiger partial charge in [-0.3, -0.25) is 0 Å². The first-order valence-corrected chi connectivity index (χ1v) is 4.68. The van der Waals surface area contributed by atoms with Gasteiger partial charge in [-0.2, -0.15) is 0 Å². The summed E-state index contributed by atoms with van der Waals surface area (Å²) in [4.78, 5) is 3.01. The van der Waals surface area contributed by atoms with Crippen LogP contribution in [0.5, 0.6) is 0 Å². The summed E-state index contributed by atoms with van der Waals surface area (Å²) in [5.74, 6) is -0.320. The lowest BCUT2D eigenvalue weighted by Gasteiger charge is -2.00. The van der Waals surface area contributed by atoms with Crippen molar-refractivity contribution in [2.45, 2.75) is 13.5 Å². The highest BCUT2D eigenvalue weighted by atomic mass is 35.5. The van der Waals surface area contributed by atoms with E-state index in [0.29, 0.717) is 21.5 Å². The normalized spacial score (nSPS) is 11.1. The minimum Gasteiger partial charge on any atom is -0.357 e. The zero-order valence-corrected chi connectivity index (χ0v) is 8.45. The van der Waals surface area contributed by atoms with Crippen LogP contribution in [0.1, 0.15) is 11.3 Å². The number of hydrogen-bond donors (Lipinski definition) is 2. The smallest absolute Gasteiger partial charge is 0.138 e. The molecule has 0 aliphatic carbocycles. The van der Waals surface area contributed by atoms with Crippen LogP contribution in [-0.2, 0) is 6.54 Å². The summed E-state index contributed by atoms with van der Waals surface area (Å²) >= 11 is 5.96. The second-order valence-corrected chi connectivity index (χ2v) is 3.61. The molecule has 4 heteroatoms. The van der Waals surface area contributed by atoms with Gasteiger partial charge in [-0.1, -0.05) is 17.7 Å². The molecule has 0 fully saturated rings. The van der Waals surface area contributed by atoms with Crippen molar-refractivity contribution < 1.29 is 4.39 Å². The second-order valence-electron chi connectivity index (χ2n) is 3.23. The lowest BCUT2D eigenvalue weighted by atomic mass is 10.1. The molecule has 1 aromatic heterocycles. The number of aryl methyl sites for hydroxylation is 1. The van der Waals surface area contributed by atoms with Crippen molar-refractivity contribution >= 4 is 22.5 Å². The molecular weight excluding hydrogens is 203 g/mol. The lowest BCUT2D eigenvalue weighted by Crippen LogP contribution is -1.99. The molecule has 1 heterocycles. The monoisotopic (exact) mass is 212 g/mol. The molecule has 3 N–H and O–H groups in total. The van der Waals surface area contributed by atoms with Crippen LogP contribution in [0, 0.1) is 12.7 Å². The number of benzene rings is 1. The number of rotatable bonds is 1. The van der Waals surface area contributed by atoms with E-state index in [2.05, 4.69) is 4.98 Å². The molecule has 0 aliphatic rings. The van der Waals surface area contributed by atoms with Gasteiger partial charge in [0.05, 0.1) is 15.9 Å². The van der Waals surface area contributed by atoms with Crippen LogP contribution in [0.3, 0.4) is 0 Å². The Morgan fingerprint density at radius 3 is 2.86 bits per heavy atom. The van der Waals surface area contributed by atoms with E-state index in [9.17, 15) is 4.39 Å². The van der Waals surface area contributed by atoms with Crippen LogP contribution in [0.4, 0.5) is 4.39 Å². The Kier molecular flexibility index (Phi) is 2.21. The zero-order chi connectivity index (χ0) is 10.3. The lowest BCUT2D eigenvalue weighted by molar-refractivity contribution is 0.623. The number of aromatic nitrogens is 1. The van der Waals surface area contributed by atoms with Gasteiger partial charge in [0, 0.05) is 17.8 Å². The Bertz CT molecular complexity index is 490. The number of fused-ring (bicyclic) bond motifs is 1. The van der Waals surface area contributed by atoms with Gasteiger partial charge in [-0.25, -0.2) is 4.39 Å². The quantitative estimate of drug-likeness (QED) is 0.750. The van der Waals surface area contributed by atoms with Crippen LogP contribution in [0.2, 0.25) is 5.02 Å². The fraction of sp³-hybridized carbons (Fsp3) is 0.200. The van der Waals surface area contributed by atoms with Crippen molar-refractivity contribution in [3.63, 3.8) is 0 Å². The number of nitrogens with one attached hydrogen (secondary N) is 1. The first kappa shape index (κ1) is 9.49. The van der Waals surface area contributed by atoms with Crippen LogP contribution < -0.4 is 5.73 Å². The third-order valence-corrected chi connectivity index (χ3v) is 2.79. The maximum absolute atomic E-state index is 13.8. The van der Waals surface area contributed by atoms with Gasteiger partial charge in [-0.05, 0) is 13.0 Å². The van der Waals surface area contributed by atoms with Crippen LogP contribution in [-0.4, -0.2) is 4.98 Å². The van der Waals surface area contributed by atoms with Gasteiger partial charge in [0.1, 0.15) is 5.82 Å². The highest BCUT2D eigenvalue weighted by Crippen LogP contribution is 2.30. The van der Waals surface area contributed by atoms with Gasteiger partial charge in [0.2, 0.25) is 0 Å². The first-order chi connectivity index (χ1) is 6.65. The summed E-state index contributed by atoms with van der Waals surface area (Å²) in [5.41, 5.74) is 7.37. The van der Waals surface area contributed by atoms with Crippen LogP contribution >= 0.6 is 11.6 Å². The molecule has 0 atom stereocenters. The fourth-order valence-corrected chi connectivity index (χ4v) is 1.77. The summed E-state index contributed by atoms with van der Waals surface area (Å²) < 4.78 is 13.8. The Balaban J connectivity index is 2.86. The van der Waals surface area contributed by atoms with E-state index in [1.54, 1.807) is 12.1 Å². The highest BCUT2D eigenvalue weighted by molar-refractivity contribution is 6.36.